The molecular weight excluding hydrogens is 256 g/mol. The van der Waals surface area contributed by atoms with Gasteiger partial charge in [-0.25, -0.2) is 4.39 Å². The van der Waals surface area contributed by atoms with Crippen molar-refractivity contribution in [1.82, 2.24) is 0 Å². The average molecular weight is 261 g/mol. The molecule has 0 saturated heterocycles. The van der Waals surface area contributed by atoms with Crippen LogP contribution in [0.2, 0.25) is 0 Å². The molecule has 0 spiro atoms. The molecule has 0 bridgehead atoms. The summed E-state index contributed by atoms with van der Waals surface area (Å²) in [4.78, 5) is 4.18. The first-order valence-corrected chi connectivity index (χ1v) is 4.34. The van der Waals surface area contributed by atoms with Gasteiger partial charge >= 0.3 is 0 Å². The summed E-state index contributed by atoms with van der Waals surface area (Å²) in [7, 11) is 0. The van der Waals surface area contributed by atoms with E-state index in [4.69, 9.17) is 0 Å². The molecule has 0 fully saturated rings. The molecular formula is C8H5FIN. The van der Waals surface area contributed by atoms with Gasteiger partial charge in [-0.3, -0.25) is 4.99 Å². The van der Waals surface area contributed by atoms with Crippen LogP contribution in [0.25, 0.3) is 0 Å². The number of aliphatic imine (C=N–C) groups is 1. The molecule has 1 aliphatic heterocycles. The fourth-order valence-electron chi connectivity index (χ4n) is 1.13. The maximum atomic E-state index is 12.6. The lowest BCUT2D eigenvalue weighted by molar-refractivity contribution is 0.626. The van der Waals surface area contributed by atoms with Gasteiger partial charge in [-0.15, -0.1) is 0 Å². The van der Waals surface area contributed by atoms with Crippen molar-refractivity contribution >= 4 is 26.3 Å². The van der Waals surface area contributed by atoms with E-state index in [0.29, 0.717) is 6.54 Å². The van der Waals surface area contributed by atoms with Crippen molar-refractivity contribution in [3.63, 3.8) is 0 Å². The fourth-order valence-corrected chi connectivity index (χ4v) is 1.83. The lowest BCUT2D eigenvalue weighted by atomic mass is 10.1. The molecule has 0 amide bonds. The van der Waals surface area contributed by atoms with Crippen LogP contribution in [0.5, 0.6) is 0 Å². The lowest BCUT2D eigenvalue weighted by Gasteiger charge is -1.96. The molecule has 0 saturated carbocycles. The topological polar surface area (TPSA) is 12.4 Å². The van der Waals surface area contributed by atoms with Crippen molar-refractivity contribution in [2.24, 2.45) is 4.99 Å². The summed E-state index contributed by atoms with van der Waals surface area (Å²) >= 11 is 2.16. The minimum atomic E-state index is -0.176. The van der Waals surface area contributed by atoms with Gasteiger partial charge in [0.15, 0.2) is 0 Å². The van der Waals surface area contributed by atoms with Crippen molar-refractivity contribution in [2.75, 3.05) is 0 Å². The molecule has 2 rings (SSSR count). The number of fused-ring (bicyclic) bond motifs is 1. The number of nitrogens with zero attached hydrogens (tertiary/aromatic N) is 1. The van der Waals surface area contributed by atoms with Crippen molar-refractivity contribution in [3.05, 3.63) is 35.1 Å². The molecule has 0 aromatic heterocycles. The number of halogens is 2. The van der Waals surface area contributed by atoms with Crippen LogP contribution in [-0.4, -0.2) is 3.72 Å². The second-order valence-corrected chi connectivity index (χ2v) is 3.43. The van der Waals surface area contributed by atoms with Gasteiger partial charge < -0.3 is 0 Å². The summed E-state index contributed by atoms with van der Waals surface area (Å²) in [6.07, 6.45) is 0. The number of rotatable bonds is 0. The molecule has 0 unspecified atom stereocenters. The van der Waals surface area contributed by atoms with Crippen molar-refractivity contribution in [3.8, 4) is 0 Å². The maximum absolute atomic E-state index is 12.6. The molecule has 3 heteroatoms. The Balaban J connectivity index is 2.58. The SMILES string of the molecule is Fc1ccc2c(c1)CN=C2I. The summed E-state index contributed by atoms with van der Waals surface area (Å²) in [5.41, 5.74) is 2.07. The Morgan fingerprint density at radius 3 is 3.09 bits per heavy atom. The Morgan fingerprint density at radius 1 is 1.45 bits per heavy atom. The van der Waals surface area contributed by atoms with E-state index >= 15 is 0 Å². The van der Waals surface area contributed by atoms with Gasteiger partial charge in [0, 0.05) is 5.56 Å². The highest BCUT2D eigenvalue weighted by molar-refractivity contribution is 14.1. The summed E-state index contributed by atoms with van der Waals surface area (Å²) in [5.74, 6) is -0.176. The summed E-state index contributed by atoms with van der Waals surface area (Å²) in [5, 5.41) is 0. The van der Waals surface area contributed by atoms with E-state index in [1.165, 1.54) is 6.07 Å². The van der Waals surface area contributed by atoms with E-state index in [2.05, 4.69) is 27.6 Å². The van der Waals surface area contributed by atoms with E-state index in [1.54, 1.807) is 12.1 Å². The predicted octanol–water partition coefficient (Wildman–Crippen LogP) is 2.52. The third kappa shape index (κ3) is 1.17. The highest BCUT2D eigenvalue weighted by Gasteiger charge is 2.12. The quantitative estimate of drug-likeness (QED) is 0.636. The Morgan fingerprint density at radius 2 is 2.27 bits per heavy atom. The van der Waals surface area contributed by atoms with Gasteiger partial charge in [0.25, 0.3) is 0 Å². The van der Waals surface area contributed by atoms with Crippen molar-refractivity contribution in [1.29, 1.82) is 0 Å². The lowest BCUT2D eigenvalue weighted by Crippen LogP contribution is -1.88. The van der Waals surface area contributed by atoms with E-state index in [-0.39, 0.29) is 5.82 Å². The normalized spacial score (nSPS) is 14.5. The zero-order chi connectivity index (χ0) is 7.84. The molecule has 0 aliphatic carbocycles. The molecule has 1 aromatic carbocycles. The molecule has 0 atom stereocenters. The molecule has 56 valence electrons. The van der Waals surface area contributed by atoms with Crippen LogP contribution < -0.4 is 0 Å². The highest BCUT2D eigenvalue weighted by atomic mass is 127. The molecule has 0 radical (unpaired) electrons. The summed E-state index contributed by atoms with van der Waals surface area (Å²) in [6, 6.07) is 4.80. The van der Waals surface area contributed by atoms with Crippen LogP contribution in [0.4, 0.5) is 4.39 Å². The van der Waals surface area contributed by atoms with Crippen LogP contribution in [0.1, 0.15) is 11.1 Å². The minimum Gasteiger partial charge on any atom is -0.273 e. The van der Waals surface area contributed by atoms with Gasteiger partial charge in [0.05, 0.1) is 6.54 Å². The van der Waals surface area contributed by atoms with Crippen LogP contribution in [0.15, 0.2) is 23.2 Å². The Hall–Kier alpha value is -0.450. The second kappa shape index (κ2) is 2.55. The van der Waals surface area contributed by atoms with Gasteiger partial charge in [-0.2, -0.15) is 0 Å². The van der Waals surface area contributed by atoms with Gasteiger partial charge in [0.2, 0.25) is 0 Å². The molecule has 1 aliphatic rings. The standard InChI is InChI=1S/C8H5FIN/c9-6-1-2-7-5(3-6)4-11-8(7)10/h1-3H,4H2. The first-order chi connectivity index (χ1) is 5.27. The minimum absolute atomic E-state index is 0.176. The monoisotopic (exact) mass is 261 g/mol. The van der Waals surface area contributed by atoms with Crippen LogP contribution >= 0.6 is 22.6 Å². The summed E-state index contributed by atoms with van der Waals surface area (Å²) < 4.78 is 13.6. The molecule has 1 nitrogen and oxygen atoms in total. The molecule has 1 aromatic rings. The predicted molar refractivity (Wildman–Crippen MR) is 50.7 cm³/mol. The van der Waals surface area contributed by atoms with Crippen LogP contribution in [0.3, 0.4) is 0 Å². The van der Waals surface area contributed by atoms with E-state index in [1.807, 2.05) is 0 Å². The molecule has 11 heavy (non-hydrogen) atoms. The van der Waals surface area contributed by atoms with E-state index < -0.39 is 0 Å². The van der Waals surface area contributed by atoms with E-state index in [0.717, 1.165) is 14.8 Å². The smallest absolute Gasteiger partial charge is 0.123 e. The first-order valence-electron chi connectivity index (χ1n) is 3.26. The van der Waals surface area contributed by atoms with E-state index in [9.17, 15) is 4.39 Å². The maximum Gasteiger partial charge on any atom is 0.123 e. The van der Waals surface area contributed by atoms with Crippen molar-refractivity contribution in [2.45, 2.75) is 6.54 Å². The first kappa shape index (κ1) is 7.21. The largest absolute Gasteiger partial charge is 0.273 e. The Kier molecular flexibility index (Phi) is 1.67. The fraction of sp³-hybridized carbons (Fsp3) is 0.125. The van der Waals surface area contributed by atoms with Gasteiger partial charge in [-0.05, 0) is 46.4 Å². The van der Waals surface area contributed by atoms with Crippen molar-refractivity contribution < 1.29 is 4.39 Å². The van der Waals surface area contributed by atoms with Gasteiger partial charge in [-0.1, -0.05) is 0 Å². The highest BCUT2D eigenvalue weighted by Crippen LogP contribution is 2.22. The van der Waals surface area contributed by atoms with Gasteiger partial charge in [0.1, 0.15) is 9.54 Å². The number of hydrogen-bond donors (Lipinski definition) is 0. The third-order valence-electron chi connectivity index (χ3n) is 1.68. The number of hydrogen-bond acceptors (Lipinski definition) is 1. The Bertz CT molecular complexity index is 333. The zero-order valence-electron chi connectivity index (χ0n) is 5.64. The summed E-state index contributed by atoms with van der Waals surface area (Å²) in [6.45, 7) is 0.630. The number of benzene rings is 1. The Labute approximate surface area is 77.5 Å². The van der Waals surface area contributed by atoms with Crippen LogP contribution in [0, 0.1) is 5.82 Å². The third-order valence-corrected chi connectivity index (χ3v) is 2.60. The second-order valence-electron chi connectivity index (χ2n) is 2.41. The molecule has 0 N–H and O–H groups in total. The molecule has 1 heterocycles. The average Bonchev–Trinajstić information content (AvgIpc) is 2.32. The van der Waals surface area contributed by atoms with Crippen LogP contribution in [-0.2, 0) is 6.54 Å². The zero-order valence-corrected chi connectivity index (χ0v) is 7.80.